The lowest BCUT2D eigenvalue weighted by Gasteiger charge is -2.30. The maximum Gasteiger partial charge on any atom is 0.407 e. The highest BCUT2D eigenvalue weighted by molar-refractivity contribution is 6.05. The first-order valence-corrected chi connectivity index (χ1v) is 20.4. The Morgan fingerprint density at radius 3 is 2.02 bits per heavy atom. The molecule has 0 radical (unpaired) electrons. The molecule has 16 heteroatoms. The summed E-state index contributed by atoms with van der Waals surface area (Å²) in [5, 5.41) is 7.37. The van der Waals surface area contributed by atoms with Crippen LogP contribution in [-0.4, -0.2) is 93.1 Å². The van der Waals surface area contributed by atoms with Crippen molar-refractivity contribution < 1.29 is 37.5 Å². The number of hydrogen-bond acceptors (Lipinski definition) is 9. The molecule has 8 rings (SSSR count). The standard InChI is InChI=1S/C44H49FN8O7/c1-22(2)35(50-43(56)58-5)41(54)52-17-7-9-31(52)39-46-21-30(48-39)25-13-16-33-28(20-25)34(45)38(60-33)26-11-14-27-24(19-26)12-15-29-37(27)49-40(47-29)32-10-8-18-53(32)42(55)36(23(3)4)51-44(57)59-6/h11-16,19-23,31-32,35-36H,7-10,17-18H2,1-6H3,(H,46,48)(H,47,49)(H,50,56)(H,51,57)/t31-,32-,35-,36-/m0/s1. The molecule has 0 aliphatic carbocycles. The van der Waals surface area contributed by atoms with Gasteiger partial charge in [-0.2, -0.15) is 0 Å². The number of fused-ring (bicyclic) bond motifs is 4. The molecule has 5 heterocycles. The molecule has 3 aromatic heterocycles. The van der Waals surface area contributed by atoms with Crippen molar-refractivity contribution in [1.82, 2.24) is 40.4 Å². The van der Waals surface area contributed by atoms with Crippen LogP contribution < -0.4 is 10.6 Å². The number of rotatable bonds is 10. The van der Waals surface area contributed by atoms with E-state index in [4.69, 9.17) is 18.9 Å². The largest absolute Gasteiger partial charge is 0.453 e. The maximum absolute atomic E-state index is 16.3. The topological polar surface area (TPSA) is 188 Å². The Bertz CT molecular complexity index is 2610. The van der Waals surface area contributed by atoms with Gasteiger partial charge in [-0.25, -0.2) is 23.9 Å². The predicted molar refractivity (Wildman–Crippen MR) is 222 cm³/mol. The minimum absolute atomic E-state index is 0.109. The first-order chi connectivity index (χ1) is 28.9. The third-order valence-corrected chi connectivity index (χ3v) is 11.8. The molecule has 2 fully saturated rings. The number of furan rings is 1. The molecule has 0 saturated carbocycles. The number of carbonyl (C=O) groups excluding carboxylic acids is 4. The molecule has 6 aromatic rings. The number of nitrogens with zero attached hydrogens (tertiary/aromatic N) is 4. The third-order valence-electron chi connectivity index (χ3n) is 11.8. The number of nitrogens with one attached hydrogen (secondary N) is 4. The fourth-order valence-electron chi connectivity index (χ4n) is 8.58. The predicted octanol–water partition coefficient (Wildman–Crippen LogP) is 7.75. The van der Waals surface area contributed by atoms with Crippen LogP contribution in [-0.2, 0) is 19.1 Å². The molecule has 4 N–H and O–H groups in total. The van der Waals surface area contributed by atoms with E-state index in [1.54, 1.807) is 28.1 Å². The number of aromatic amines is 2. The van der Waals surface area contributed by atoms with E-state index in [1.165, 1.54) is 14.2 Å². The molecule has 4 atom stereocenters. The van der Waals surface area contributed by atoms with Gasteiger partial charge in [0.1, 0.15) is 29.3 Å². The van der Waals surface area contributed by atoms with Crippen LogP contribution in [0.2, 0.25) is 0 Å². The summed E-state index contributed by atoms with van der Waals surface area (Å²) in [6, 6.07) is 12.7. The summed E-state index contributed by atoms with van der Waals surface area (Å²) >= 11 is 0. The van der Waals surface area contributed by atoms with Crippen molar-refractivity contribution in [2.75, 3.05) is 27.3 Å². The van der Waals surface area contributed by atoms with Crippen LogP contribution >= 0.6 is 0 Å². The number of likely N-dealkylation sites (tertiary alicyclic amines) is 2. The summed E-state index contributed by atoms with van der Waals surface area (Å²) in [6.07, 6.45) is 3.38. The first kappa shape index (κ1) is 40.3. The van der Waals surface area contributed by atoms with Gasteiger partial charge in [0.15, 0.2) is 11.6 Å². The van der Waals surface area contributed by atoms with Crippen molar-refractivity contribution in [3.05, 3.63) is 72.2 Å². The Labute approximate surface area is 345 Å². The molecule has 0 bridgehead atoms. The summed E-state index contributed by atoms with van der Waals surface area (Å²) in [7, 11) is 2.54. The number of methoxy groups -OCH3 is 2. The van der Waals surface area contributed by atoms with E-state index in [-0.39, 0.29) is 41.5 Å². The number of benzene rings is 3. The molecule has 2 saturated heterocycles. The van der Waals surface area contributed by atoms with Crippen molar-refractivity contribution in [1.29, 1.82) is 0 Å². The highest BCUT2D eigenvalue weighted by Gasteiger charge is 2.39. The number of carbonyl (C=O) groups is 4. The lowest BCUT2D eigenvalue weighted by molar-refractivity contribution is -0.136. The normalized spacial score (nSPS) is 17.9. The van der Waals surface area contributed by atoms with Crippen LogP contribution in [0.25, 0.3) is 55.4 Å². The number of aromatic nitrogens is 4. The molecule has 314 valence electrons. The highest BCUT2D eigenvalue weighted by Crippen LogP contribution is 2.39. The molecular formula is C44H49FN8O7. The average Bonchev–Trinajstić information content (AvgIpc) is 4.10. The van der Waals surface area contributed by atoms with Crippen molar-refractivity contribution in [2.45, 2.75) is 77.5 Å². The molecule has 0 spiro atoms. The Hall–Kier alpha value is -6.45. The van der Waals surface area contributed by atoms with Gasteiger partial charge < -0.3 is 44.3 Å². The van der Waals surface area contributed by atoms with E-state index in [1.807, 2.05) is 64.1 Å². The van der Waals surface area contributed by atoms with E-state index >= 15 is 4.39 Å². The summed E-state index contributed by atoms with van der Waals surface area (Å²) in [5.41, 5.74) is 3.86. The molecule has 2 aliphatic rings. The lowest BCUT2D eigenvalue weighted by Crippen LogP contribution is -2.51. The van der Waals surface area contributed by atoms with E-state index in [9.17, 15) is 19.2 Å². The van der Waals surface area contributed by atoms with Crippen LogP contribution in [0.15, 0.2) is 59.1 Å². The van der Waals surface area contributed by atoms with Gasteiger partial charge in [-0.15, -0.1) is 0 Å². The number of hydrogen-bond donors (Lipinski definition) is 4. The molecule has 15 nitrogen and oxygen atoms in total. The molecular weight excluding hydrogens is 772 g/mol. The summed E-state index contributed by atoms with van der Waals surface area (Å²) in [5.74, 6) is 0.209. The lowest BCUT2D eigenvalue weighted by atomic mass is 10.0. The van der Waals surface area contributed by atoms with Crippen molar-refractivity contribution in [3.8, 4) is 22.6 Å². The van der Waals surface area contributed by atoms with Gasteiger partial charge in [0.05, 0.1) is 54.6 Å². The van der Waals surface area contributed by atoms with Crippen molar-refractivity contribution in [3.63, 3.8) is 0 Å². The zero-order valence-electron chi connectivity index (χ0n) is 34.4. The van der Waals surface area contributed by atoms with Gasteiger partial charge in [-0.3, -0.25) is 9.59 Å². The fourth-order valence-corrected chi connectivity index (χ4v) is 8.58. The molecule has 3 aromatic carbocycles. The summed E-state index contributed by atoms with van der Waals surface area (Å²) < 4.78 is 31.9. The van der Waals surface area contributed by atoms with E-state index < -0.39 is 30.1 Å². The Morgan fingerprint density at radius 2 is 1.40 bits per heavy atom. The smallest absolute Gasteiger partial charge is 0.407 e. The Kier molecular flexibility index (Phi) is 11.0. The van der Waals surface area contributed by atoms with Gasteiger partial charge in [-0.1, -0.05) is 45.9 Å². The number of halogens is 1. The zero-order chi connectivity index (χ0) is 42.4. The zero-order valence-corrected chi connectivity index (χ0v) is 34.4. The molecule has 60 heavy (non-hydrogen) atoms. The minimum Gasteiger partial charge on any atom is -0.453 e. The third kappa shape index (κ3) is 7.39. The SMILES string of the molecule is COC(=O)N[C@H](C(=O)N1CCC[C@H]1c1ncc(-c2ccc3oc(-c4ccc5c(ccc6[nH]c([C@@H]7CCCN7C(=O)[C@@H](NC(=O)OC)C(C)C)nc65)c4)c(F)c3c2)[nH]1)C(C)C. The number of alkyl carbamates (subject to hydrolysis) is 2. The van der Waals surface area contributed by atoms with E-state index in [2.05, 4.69) is 25.6 Å². The number of H-pyrrole nitrogens is 2. The number of amides is 4. The van der Waals surface area contributed by atoms with Gasteiger partial charge in [0, 0.05) is 29.6 Å². The van der Waals surface area contributed by atoms with Gasteiger partial charge in [-0.05, 0) is 73.2 Å². The van der Waals surface area contributed by atoms with Crippen LogP contribution in [0.5, 0.6) is 0 Å². The quantitative estimate of drug-likeness (QED) is 0.107. The average molecular weight is 821 g/mol. The summed E-state index contributed by atoms with van der Waals surface area (Å²) in [4.78, 5) is 71.3. The van der Waals surface area contributed by atoms with Crippen molar-refractivity contribution in [2.24, 2.45) is 11.8 Å². The van der Waals surface area contributed by atoms with Gasteiger partial charge in [0.2, 0.25) is 11.8 Å². The number of ether oxygens (including phenoxy) is 2. The summed E-state index contributed by atoms with van der Waals surface area (Å²) in [6.45, 7) is 8.57. The molecule has 2 aliphatic heterocycles. The first-order valence-electron chi connectivity index (χ1n) is 20.4. The van der Waals surface area contributed by atoms with Crippen LogP contribution in [0.1, 0.15) is 77.1 Å². The van der Waals surface area contributed by atoms with Gasteiger partial charge >= 0.3 is 12.2 Å². The van der Waals surface area contributed by atoms with E-state index in [0.717, 1.165) is 41.1 Å². The highest BCUT2D eigenvalue weighted by atomic mass is 19.1. The van der Waals surface area contributed by atoms with Crippen LogP contribution in [0, 0.1) is 17.7 Å². The van der Waals surface area contributed by atoms with Crippen LogP contribution in [0.3, 0.4) is 0 Å². The van der Waals surface area contributed by atoms with Gasteiger partial charge in [0.25, 0.3) is 0 Å². The second-order valence-electron chi connectivity index (χ2n) is 16.3. The second kappa shape index (κ2) is 16.3. The minimum atomic E-state index is -0.746. The molecule has 0 unspecified atom stereocenters. The number of imidazole rings is 2. The Balaban J connectivity index is 1.03. The van der Waals surface area contributed by atoms with Crippen LogP contribution in [0.4, 0.5) is 14.0 Å². The monoisotopic (exact) mass is 820 g/mol. The maximum atomic E-state index is 16.3. The second-order valence-corrected chi connectivity index (χ2v) is 16.3. The molecule has 4 amide bonds. The fraction of sp³-hybridized carbons (Fsp3) is 0.409. The Morgan fingerprint density at radius 1 is 0.783 bits per heavy atom. The van der Waals surface area contributed by atoms with Crippen molar-refractivity contribution >= 4 is 56.8 Å². The van der Waals surface area contributed by atoms with E-state index in [0.29, 0.717) is 58.9 Å².